The summed E-state index contributed by atoms with van der Waals surface area (Å²) < 4.78 is 2.34. The first-order valence-corrected chi connectivity index (χ1v) is 9.40. The maximum atomic E-state index is 12.3. The highest BCUT2D eigenvalue weighted by atomic mass is 16.1. The lowest BCUT2D eigenvalue weighted by atomic mass is 10.0. The molecule has 1 amide bonds. The summed E-state index contributed by atoms with van der Waals surface area (Å²) in [5.74, 6) is 1.19. The second-order valence-corrected chi connectivity index (χ2v) is 7.18. The molecule has 4 rings (SSSR count). The van der Waals surface area contributed by atoms with E-state index in [0.717, 1.165) is 25.1 Å². The molecule has 132 valence electrons. The van der Waals surface area contributed by atoms with Crippen molar-refractivity contribution in [3.05, 3.63) is 54.1 Å². The third-order valence-electron chi connectivity index (χ3n) is 5.32. The first-order chi connectivity index (χ1) is 12.3. The average Bonchev–Trinajstić information content (AvgIpc) is 3.40. The molecule has 2 aromatic rings. The van der Waals surface area contributed by atoms with E-state index in [1.807, 2.05) is 36.5 Å². The van der Waals surface area contributed by atoms with Crippen molar-refractivity contribution in [3.63, 3.8) is 0 Å². The van der Waals surface area contributed by atoms with E-state index in [-0.39, 0.29) is 5.91 Å². The zero-order valence-electron chi connectivity index (χ0n) is 14.6. The number of piperidine rings is 1. The van der Waals surface area contributed by atoms with Gasteiger partial charge in [-0.05, 0) is 44.4 Å². The molecule has 1 atom stereocenters. The average molecular weight is 338 g/mol. The van der Waals surface area contributed by atoms with Gasteiger partial charge in [0.1, 0.15) is 5.82 Å². The van der Waals surface area contributed by atoms with Crippen LogP contribution in [0.2, 0.25) is 0 Å². The lowest BCUT2D eigenvalue weighted by Crippen LogP contribution is -2.46. The first-order valence-electron chi connectivity index (χ1n) is 9.40. The van der Waals surface area contributed by atoms with Crippen LogP contribution in [-0.2, 0) is 6.54 Å². The van der Waals surface area contributed by atoms with Gasteiger partial charge in [0.15, 0.2) is 0 Å². The molecule has 0 bridgehead atoms. The Balaban J connectivity index is 1.37. The number of carbonyl (C=O) groups excluding carboxylic acids is 1. The monoisotopic (exact) mass is 338 g/mol. The van der Waals surface area contributed by atoms with Gasteiger partial charge in [0.05, 0.1) is 6.54 Å². The van der Waals surface area contributed by atoms with Crippen LogP contribution in [-0.4, -0.2) is 39.5 Å². The smallest absolute Gasteiger partial charge is 0.251 e. The van der Waals surface area contributed by atoms with Crippen LogP contribution in [0, 0.1) is 0 Å². The lowest BCUT2D eigenvalue weighted by Gasteiger charge is -2.35. The van der Waals surface area contributed by atoms with Crippen LogP contribution in [0.5, 0.6) is 0 Å². The highest BCUT2D eigenvalue weighted by Crippen LogP contribution is 2.36. The molecule has 2 heterocycles. The molecule has 1 aliphatic heterocycles. The number of amides is 1. The molecule has 5 heteroatoms. The Bertz CT molecular complexity index is 707. The van der Waals surface area contributed by atoms with Gasteiger partial charge >= 0.3 is 0 Å². The molecular formula is C20H26N4O. The number of nitrogens with one attached hydrogen (secondary N) is 1. The standard InChI is InChI=1S/C20H26N4O/c25-20(16-6-2-1-3-7-16)22-14-18-8-4-5-12-23(18)15-19-21-11-13-24(19)17-9-10-17/h1-3,6-7,11,13,17-18H,4-5,8-10,12,14-15H2,(H,22,25). The molecule has 1 unspecified atom stereocenters. The fraction of sp³-hybridized carbons (Fsp3) is 0.500. The maximum Gasteiger partial charge on any atom is 0.251 e. The summed E-state index contributed by atoms with van der Waals surface area (Å²) in [5.41, 5.74) is 0.731. The molecular weight excluding hydrogens is 312 g/mol. The predicted octanol–water partition coefficient (Wildman–Crippen LogP) is 3.00. The highest BCUT2D eigenvalue weighted by Gasteiger charge is 2.28. The van der Waals surface area contributed by atoms with E-state index in [9.17, 15) is 4.79 Å². The number of carbonyl (C=O) groups is 1. The Kier molecular flexibility index (Phi) is 4.83. The highest BCUT2D eigenvalue weighted by molar-refractivity contribution is 5.94. The van der Waals surface area contributed by atoms with Gasteiger partial charge in [-0.1, -0.05) is 24.6 Å². The van der Waals surface area contributed by atoms with E-state index in [1.165, 1.54) is 31.5 Å². The number of rotatable bonds is 6. The molecule has 0 radical (unpaired) electrons. The van der Waals surface area contributed by atoms with Crippen LogP contribution in [0.15, 0.2) is 42.7 Å². The number of nitrogens with zero attached hydrogens (tertiary/aromatic N) is 3. The minimum absolute atomic E-state index is 0.0191. The van der Waals surface area contributed by atoms with Crippen molar-refractivity contribution >= 4 is 5.91 Å². The third-order valence-corrected chi connectivity index (χ3v) is 5.32. The number of imidazole rings is 1. The van der Waals surface area contributed by atoms with E-state index in [0.29, 0.717) is 18.6 Å². The summed E-state index contributed by atoms with van der Waals surface area (Å²) in [7, 11) is 0. The topological polar surface area (TPSA) is 50.2 Å². The fourth-order valence-corrected chi connectivity index (χ4v) is 3.73. The van der Waals surface area contributed by atoms with Crippen LogP contribution in [0.4, 0.5) is 0 Å². The third kappa shape index (κ3) is 3.93. The molecule has 0 spiro atoms. The quantitative estimate of drug-likeness (QED) is 0.881. The van der Waals surface area contributed by atoms with Crippen molar-refractivity contribution in [1.29, 1.82) is 0 Å². The van der Waals surface area contributed by atoms with Crippen molar-refractivity contribution < 1.29 is 4.79 Å². The molecule has 1 aromatic carbocycles. The van der Waals surface area contributed by atoms with E-state index < -0.39 is 0 Å². The van der Waals surface area contributed by atoms with E-state index in [4.69, 9.17) is 0 Å². The summed E-state index contributed by atoms with van der Waals surface area (Å²) >= 11 is 0. The van der Waals surface area contributed by atoms with Crippen molar-refractivity contribution in [1.82, 2.24) is 19.8 Å². The number of hydrogen-bond donors (Lipinski definition) is 1. The van der Waals surface area contributed by atoms with Crippen molar-refractivity contribution in [2.45, 2.75) is 50.7 Å². The number of benzene rings is 1. The van der Waals surface area contributed by atoms with Gasteiger partial charge in [0, 0.05) is 36.6 Å². The summed E-state index contributed by atoms with van der Waals surface area (Å²) in [6.45, 7) is 2.68. The minimum atomic E-state index is 0.0191. The number of likely N-dealkylation sites (tertiary alicyclic amines) is 1. The van der Waals surface area contributed by atoms with Crippen molar-refractivity contribution in [2.24, 2.45) is 0 Å². The minimum Gasteiger partial charge on any atom is -0.350 e. The zero-order valence-corrected chi connectivity index (χ0v) is 14.6. The van der Waals surface area contributed by atoms with Gasteiger partial charge in [0.25, 0.3) is 5.91 Å². The lowest BCUT2D eigenvalue weighted by molar-refractivity contribution is 0.0903. The molecule has 1 N–H and O–H groups in total. The van der Waals surface area contributed by atoms with Crippen molar-refractivity contribution in [2.75, 3.05) is 13.1 Å². The van der Waals surface area contributed by atoms with Gasteiger partial charge < -0.3 is 9.88 Å². The normalized spacial score (nSPS) is 21.2. The summed E-state index contributed by atoms with van der Waals surface area (Å²) in [6.07, 6.45) is 10.2. The van der Waals surface area contributed by atoms with Crippen LogP contribution in [0.1, 0.15) is 54.3 Å². The van der Waals surface area contributed by atoms with Gasteiger partial charge in [0.2, 0.25) is 0 Å². The molecule has 5 nitrogen and oxygen atoms in total. The SMILES string of the molecule is O=C(NCC1CCCCN1Cc1nccn1C1CC1)c1ccccc1. The fourth-order valence-electron chi connectivity index (χ4n) is 3.73. The van der Waals surface area contributed by atoms with Gasteiger partial charge in [-0.15, -0.1) is 0 Å². The molecule has 1 saturated carbocycles. The first kappa shape index (κ1) is 16.3. The molecule has 2 fully saturated rings. The Morgan fingerprint density at radius 3 is 2.80 bits per heavy atom. The second-order valence-electron chi connectivity index (χ2n) is 7.18. The largest absolute Gasteiger partial charge is 0.350 e. The molecule has 1 saturated heterocycles. The summed E-state index contributed by atoms with van der Waals surface area (Å²) in [6, 6.07) is 10.5. The Morgan fingerprint density at radius 1 is 1.16 bits per heavy atom. The van der Waals surface area contributed by atoms with Gasteiger partial charge in [-0.3, -0.25) is 9.69 Å². The summed E-state index contributed by atoms with van der Waals surface area (Å²) in [4.78, 5) is 19.4. The second kappa shape index (κ2) is 7.40. The predicted molar refractivity (Wildman–Crippen MR) is 97.3 cm³/mol. The Morgan fingerprint density at radius 2 is 2.00 bits per heavy atom. The molecule has 1 aromatic heterocycles. The molecule has 1 aliphatic carbocycles. The number of hydrogen-bond acceptors (Lipinski definition) is 3. The maximum absolute atomic E-state index is 12.3. The van der Waals surface area contributed by atoms with E-state index in [2.05, 4.69) is 26.0 Å². The van der Waals surface area contributed by atoms with Crippen molar-refractivity contribution in [3.8, 4) is 0 Å². The van der Waals surface area contributed by atoms with Crippen LogP contribution in [0.3, 0.4) is 0 Å². The Labute approximate surface area is 149 Å². The van der Waals surface area contributed by atoms with Gasteiger partial charge in [-0.2, -0.15) is 0 Å². The summed E-state index contributed by atoms with van der Waals surface area (Å²) in [5, 5.41) is 3.12. The zero-order chi connectivity index (χ0) is 17.1. The Hall–Kier alpha value is -2.14. The van der Waals surface area contributed by atoms with Crippen LogP contribution < -0.4 is 5.32 Å². The van der Waals surface area contributed by atoms with E-state index in [1.54, 1.807) is 0 Å². The van der Waals surface area contributed by atoms with Crippen LogP contribution in [0.25, 0.3) is 0 Å². The van der Waals surface area contributed by atoms with E-state index >= 15 is 0 Å². The van der Waals surface area contributed by atoms with Gasteiger partial charge in [-0.25, -0.2) is 4.98 Å². The van der Waals surface area contributed by atoms with Crippen LogP contribution >= 0.6 is 0 Å². The molecule has 25 heavy (non-hydrogen) atoms. The number of aromatic nitrogens is 2. The molecule has 2 aliphatic rings.